The second-order valence-corrected chi connectivity index (χ2v) is 4.83. The molecule has 0 aliphatic rings. The van der Waals surface area contributed by atoms with E-state index in [0.29, 0.717) is 6.54 Å². The van der Waals surface area contributed by atoms with E-state index in [1.165, 1.54) is 0 Å². The minimum Gasteiger partial charge on any atom is -0.381 e. The van der Waals surface area contributed by atoms with Gasteiger partial charge in [0.25, 0.3) is 0 Å². The van der Waals surface area contributed by atoms with Crippen molar-refractivity contribution in [2.24, 2.45) is 5.73 Å². The molecule has 0 saturated carbocycles. The summed E-state index contributed by atoms with van der Waals surface area (Å²) < 4.78 is 1.05. The highest BCUT2D eigenvalue weighted by molar-refractivity contribution is 9.10. The van der Waals surface area contributed by atoms with Crippen LogP contribution in [0.5, 0.6) is 0 Å². The number of anilines is 1. The van der Waals surface area contributed by atoms with Gasteiger partial charge in [0, 0.05) is 23.1 Å². The highest BCUT2D eigenvalue weighted by Gasteiger charge is 2.04. The van der Waals surface area contributed by atoms with Crippen LogP contribution >= 0.6 is 15.9 Å². The zero-order chi connectivity index (χ0) is 13.0. The highest BCUT2D eigenvalue weighted by atomic mass is 79.9. The number of nitrogens with one attached hydrogen (secondary N) is 1. The number of nitrogens with zero attached hydrogens (tertiary/aromatic N) is 2. The Balaban J connectivity index is 2.25. The van der Waals surface area contributed by atoms with Gasteiger partial charge in [-0.3, -0.25) is 0 Å². The van der Waals surface area contributed by atoms with E-state index in [4.69, 9.17) is 5.73 Å². The van der Waals surface area contributed by atoms with E-state index >= 15 is 0 Å². The summed E-state index contributed by atoms with van der Waals surface area (Å²) in [6.45, 7) is 3.28. The number of hydrogen-bond acceptors (Lipinski definition) is 4. The first-order valence-corrected chi connectivity index (χ1v) is 6.53. The lowest BCUT2D eigenvalue weighted by atomic mass is 10.2. The number of halogens is 1. The topological polar surface area (TPSA) is 63.8 Å². The average Bonchev–Trinajstić information content (AvgIpc) is 2.38. The fourth-order valence-corrected chi connectivity index (χ4v) is 1.85. The first-order valence-electron chi connectivity index (χ1n) is 5.74. The Morgan fingerprint density at radius 2 is 2.00 bits per heavy atom. The van der Waals surface area contributed by atoms with Crippen LogP contribution in [-0.4, -0.2) is 23.1 Å². The Kier molecular flexibility index (Phi) is 4.28. The lowest BCUT2D eigenvalue weighted by molar-refractivity contribution is 1.00. The standard InChI is InChI=1S/C13H15BrN4/c1-9-12(16-7-6-15)8-17-13(18-9)10-2-4-11(14)5-3-10/h2-5,8,16H,6-7,15H2,1H3. The Bertz CT molecular complexity index is 525. The van der Waals surface area contributed by atoms with E-state index in [-0.39, 0.29) is 0 Å². The lowest BCUT2D eigenvalue weighted by Crippen LogP contribution is -2.14. The van der Waals surface area contributed by atoms with Crippen LogP contribution in [0, 0.1) is 6.92 Å². The third kappa shape index (κ3) is 3.05. The van der Waals surface area contributed by atoms with Gasteiger partial charge >= 0.3 is 0 Å². The molecule has 4 nitrogen and oxygen atoms in total. The van der Waals surface area contributed by atoms with Crippen LogP contribution in [0.1, 0.15) is 5.69 Å². The Hall–Kier alpha value is -1.46. The average molecular weight is 307 g/mol. The van der Waals surface area contributed by atoms with Gasteiger partial charge in [-0.25, -0.2) is 9.97 Å². The van der Waals surface area contributed by atoms with Crippen molar-refractivity contribution in [1.29, 1.82) is 0 Å². The van der Waals surface area contributed by atoms with Crippen molar-refractivity contribution in [1.82, 2.24) is 9.97 Å². The van der Waals surface area contributed by atoms with Gasteiger partial charge in [-0.2, -0.15) is 0 Å². The third-order valence-corrected chi connectivity index (χ3v) is 3.07. The largest absolute Gasteiger partial charge is 0.381 e. The van der Waals surface area contributed by atoms with Gasteiger partial charge in [0.2, 0.25) is 0 Å². The molecule has 94 valence electrons. The first-order chi connectivity index (χ1) is 8.70. The van der Waals surface area contributed by atoms with Crippen molar-refractivity contribution in [2.75, 3.05) is 18.4 Å². The molecule has 1 heterocycles. The molecule has 2 aromatic rings. The number of hydrogen-bond donors (Lipinski definition) is 2. The first kappa shape index (κ1) is 13.0. The van der Waals surface area contributed by atoms with Gasteiger partial charge in [0.1, 0.15) is 0 Å². The minimum atomic E-state index is 0.591. The van der Waals surface area contributed by atoms with Crippen molar-refractivity contribution >= 4 is 21.6 Å². The zero-order valence-corrected chi connectivity index (χ0v) is 11.7. The molecule has 1 aromatic carbocycles. The zero-order valence-electron chi connectivity index (χ0n) is 10.2. The molecular formula is C13H15BrN4. The predicted octanol–water partition coefficient (Wildman–Crippen LogP) is 2.59. The molecule has 0 saturated heterocycles. The molecular weight excluding hydrogens is 292 g/mol. The summed E-state index contributed by atoms with van der Waals surface area (Å²) in [4.78, 5) is 8.86. The van der Waals surface area contributed by atoms with Crippen LogP contribution in [0.2, 0.25) is 0 Å². The van der Waals surface area contributed by atoms with Gasteiger partial charge in [0.05, 0.1) is 17.6 Å². The molecule has 0 bridgehead atoms. The van der Waals surface area contributed by atoms with Crippen molar-refractivity contribution < 1.29 is 0 Å². The van der Waals surface area contributed by atoms with Crippen molar-refractivity contribution in [2.45, 2.75) is 6.92 Å². The van der Waals surface area contributed by atoms with Crippen LogP contribution in [0.3, 0.4) is 0 Å². The Morgan fingerprint density at radius 3 is 2.61 bits per heavy atom. The van der Waals surface area contributed by atoms with E-state index in [1.807, 2.05) is 31.2 Å². The van der Waals surface area contributed by atoms with E-state index in [1.54, 1.807) is 6.20 Å². The predicted molar refractivity (Wildman–Crippen MR) is 77.4 cm³/mol. The molecule has 18 heavy (non-hydrogen) atoms. The molecule has 0 aliphatic carbocycles. The quantitative estimate of drug-likeness (QED) is 0.911. The maximum atomic E-state index is 5.45. The van der Waals surface area contributed by atoms with Gasteiger partial charge < -0.3 is 11.1 Å². The molecule has 0 amide bonds. The summed E-state index contributed by atoms with van der Waals surface area (Å²) in [5.41, 5.74) is 8.32. The van der Waals surface area contributed by atoms with Crippen LogP contribution in [0.4, 0.5) is 5.69 Å². The normalized spacial score (nSPS) is 10.4. The van der Waals surface area contributed by atoms with E-state index < -0.39 is 0 Å². The Labute approximate surface area is 115 Å². The van der Waals surface area contributed by atoms with Crippen LogP contribution in [0.15, 0.2) is 34.9 Å². The Morgan fingerprint density at radius 1 is 1.28 bits per heavy atom. The van der Waals surface area contributed by atoms with E-state index in [2.05, 4.69) is 31.2 Å². The summed E-state index contributed by atoms with van der Waals surface area (Å²) >= 11 is 3.41. The molecule has 0 unspecified atom stereocenters. The summed E-state index contributed by atoms with van der Waals surface area (Å²) in [5, 5.41) is 3.19. The smallest absolute Gasteiger partial charge is 0.159 e. The van der Waals surface area contributed by atoms with Gasteiger partial charge in [-0.15, -0.1) is 0 Å². The number of benzene rings is 1. The molecule has 0 aliphatic heterocycles. The summed E-state index contributed by atoms with van der Waals surface area (Å²) in [5.74, 6) is 0.735. The van der Waals surface area contributed by atoms with Gasteiger partial charge in [0.15, 0.2) is 5.82 Å². The maximum Gasteiger partial charge on any atom is 0.159 e. The van der Waals surface area contributed by atoms with Gasteiger partial charge in [-0.1, -0.05) is 28.1 Å². The third-order valence-electron chi connectivity index (χ3n) is 2.54. The molecule has 3 N–H and O–H groups in total. The molecule has 0 radical (unpaired) electrons. The molecule has 0 atom stereocenters. The monoisotopic (exact) mass is 306 g/mol. The number of aryl methyl sites for hydroxylation is 1. The molecule has 1 aromatic heterocycles. The molecule has 0 spiro atoms. The van der Waals surface area contributed by atoms with E-state index in [9.17, 15) is 0 Å². The number of aromatic nitrogens is 2. The number of nitrogens with two attached hydrogens (primary N) is 1. The SMILES string of the molecule is Cc1nc(-c2ccc(Br)cc2)ncc1NCCN. The van der Waals surface area contributed by atoms with Crippen molar-refractivity contribution in [3.8, 4) is 11.4 Å². The summed E-state index contributed by atoms with van der Waals surface area (Å²) in [6.07, 6.45) is 1.80. The van der Waals surface area contributed by atoms with Crippen LogP contribution in [-0.2, 0) is 0 Å². The summed E-state index contributed by atoms with van der Waals surface area (Å²) in [6, 6.07) is 7.95. The van der Waals surface area contributed by atoms with Gasteiger partial charge in [-0.05, 0) is 19.1 Å². The fourth-order valence-electron chi connectivity index (χ4n) is 1.59. The maximum absolute atomic E-state index is 5.45. The minimum absolute atomic E-state index is 0.591. The molecule has 0 fully saturated rings. The highest BCUT2D eigenvalue weighted by Crippen LogP contribution is 2.20. The number of rotatable bonds is 4. The molecule has 2 rings (SSSR count). The van der Waals surface area contributed by atoms with Crippen LogP contribution in [0.25, 0.3) is 11.4 Å². The van der Waals surface area contributed by atoms with Crippen molar-refractivity contribution in [3.05, 3.63) is 40.6 Å². The van der Waals surface area contributed by atoms with E-state index in [0.717, 1.165) is 33.8 Å². The summed E-state index contributed by atoms with van der Waals surface area (Å²) in [7, 11) is 0. The second-order valence-electron chi connectivity index (χ2n) is 3.92. The fraction of sp³-hybridized carbons (Fsp3) is 0.231. The second kappa shape index (κ2) is 5.93. The van der Waals surface area contributed by atoms with Crippen LogP contribution < -0.4 is 11.1 Å². The lowest BCUT2D eigenvalue weighted by Gasteiger charge is -2.08. The van der Waals surface area contributed by atoms with Crippen molar-refractivity contribution in [3.63, 3.8) is 0 Å². The molecule has 5 heteroatoms.